The van der Waals surface area contributed by atoms with Crippen molar-refractivity contribution in [2.24, 2.45) is 0 Å². The van der Waals surface area contributed by atoms with Crippen molar-refractivity contribution in [1.82, 2.24) is 0 Å². The van der Waals surface area contributed by atoms with E-state index in [1.807, 2.05) is 0 Å². The van der Waals surface area contributed by atoms with Crippen LogP contribution in [-0.4, -0.2) is 19.9 Å². The first-order valence-electron chi connectivity index (χ1n) is 6.53. The van der Waals surface area contributed by atoms with Crippen molar-refractivity contribution < 1.29 is 22.5 Å². The molecule has 1 N–H and O–H groups in total. The van der Waals surface area contributed by atoms with Gasteiger partial charge in [0.2, 0.25) is 0 Å². The highest BCUT2D eigenvalue weighted by atomic mass is 32.2. The monoisotopic (exact) mass is 340 g/mol. The molecule has 2 aromatic carbocycles. The molecule has 0 radical (unpaired) electrons. The normalized spacial score (nSPS) is 11.0. The molecule has 2 aromatic rings. The molecule has 122 valence electrons. The highest BCUT2D eigenvalue weighted by molar-refractivity contribution is 7.92. The highest BCUT2D eigenvalue weighted by Crippen LogP contribution is 2.27. The lowest BCUT2D eigenvalue weighted by Crippen LogP contribution is -2.14. The van der Waals surface area contributed by atoms with Gasteiger partial charge in [0.05, 0.1) is 17.2 Å². The van der Waals surface area contributed by atoms with Crippen molar-refractivity contribution in [2.45, 2.75) is 11.8 Å². The predicted octanol–water partition coefficient (Wildman–Crippen LogP) is 2.93. The summed E-state index contributed by atoms with van der Waals surface area (Å²) >= 11 is 0. The van der Waals surface area contributed by atoms with Gasteiger partial charge in [0.25, 0.3) is 15.7 Å². The van der Waals surface area contributed by atoms with E-state index >= 15 is 0 Å². The Balaban J connectivity index is 2.36. The van der Waals surface area contributed by atoms with E-state index in [9.17, 15) is 22.9 Å². The quantitative estimate of drug-likeness (QED) is 0.644. The number of sulfonamides is 1. The van der Waals surface area contributed by atoms with Crippen molar-refractivity contribution >= 4 is 21.4 Å². The van der Waals surface area contributed by atoms with Gasteiger partial charge in [-0.25, -0.2) is 12.8 Å². The number of rotatable bonds is 6. The summed E-state index contributed by atoms with van der Waals surface area (Å²) in [6.45, 7) is 1.95. The Morgan fingerprint density at radius 2 is 1.96 bits per heavy atom. The van der Waals surface area contributed by atoms with E-state index in [0.29, 0.717) is 0 Å². The zero-order valence-electron chi connectivity index (χ0n) is 12.0. The second-order valence-corrected chi connectivity index (χ2v) is 6.06. The van der Waals surface area contributed by atoms with Crippen LogP contribution in [0, 0.1) is 15.9 Å². The molecule has 0 saturated heterocycles. The molecule has 2 rings (SSSR count). The summed E-state index contributed by atoms with van der Waals surface area (Å²) in [7, 11) is -4.23. The van der Waals surface area contributed by atoms with Gasteiger partial charge in [-0.05, 0) is 25.1 Å². The molecule has 0 spiro atoms. The van der Waals surface area contributed by atoms with Gasteiger partial charge in [-0.3, -0.25) is 14.8 Å². The Bertz CT molecular complexity index is 839. The summed E-state index contributed by atoms with van der Waals surface area (Å²) in [6, 6.07) is 8.42. The molecule has 0 heterocycles. The van der Waals surface area contributed by atoms with Crippen LogP contribution < -0.4 is 9.46 Å². The number of nitro groups is 1. The van der Waals surface area contributed by atoms with E-state index in [1.54, 1.807) is 6.92 Å². The molecule has 0 aliphatic carbocycles. The summed E-state index contributed by atoms with van der Waals surface area (Å²) < 4.78 is 45.4. The summed E-state index contributed by atoms with van der Waals surface area (Å²) in [5, 5.41) is 10.9. The van der Waals surface area contributed by atoms with Crippen molar-refractivity contribution in [1.29, 1.82) is 0 Å². The molecule has 0 saturated carbocycles. The highest BCUT2D eigenvalue weighted by Gasteiger charge is 2.25. The SMILES string of the molecule is CCOc1ccc(NS(=O)(=O)c2ccccc2[N+](=O)[O-])cc1F. The minimum atomic E-state index is -4.23. The van der Waals surface area contributed by atoms with Gasteiger partial charge in [0, 0.05) is 12.1 Å². The first-order chi connectivity index (χ1) is 10.8. The van der Waals surface area contributed by atoms with Crippen LogP contribution in [0.15, 0.2) is 47.4 Å². The van der Waals surface area contributed by atoms with Crippen molar-refractivity contribution in [3.8, 4) is 5.75 Å². The second-order valence-electron chi connectivity index (χ2n) is 4.41. The molecular weight excluding hydrogens is 327 g/mol. The lowest BCUT2D eigenvalue weighted by molar-refractivity contribution is -0.387. The maximum absolute atomic E-state index is 13.8. The number of ether oxygens (including phenoxy) is 1. The molecule has 7 nitrogen and oxygen atoms in total. The number of benzene rings is 2. The van der Waals surface area contributed by atoms with Gasteiger partial charge >= 0.3 is 0 Å². The molecule has 0 bridgehead atoms. The maximum Gasteiger partial charge on any atom is 0.289 e. The lowest BCUT2D eigenvalue weighted by Gasteiger charge is -2.10. The van der Waals surface area contributed by atoms with Crippen LogP contribution in [0.2, 0.25) is 0 Å². The molecule has 0 aliphatic heterocycles. The van der Waals surface area contributed by atoms with E-state index in [0.717, 1.165) is 18.2 Å². The number of para-hydroxylation sites is 1. The van der Waals surface area contributed by atoms with Gasteiger partial charge in [0.15, 0.2) is 16.5 Å². The number of hydrogen-bond acceptors (Lipinski definition) is 5. The Morgan fingerprint density at radius 1 is 1.26 bits per heavy atom. The molecule has 23 heavy (non-hydrogen) atoms. The van der Waals surface area contributed by atoms with Crippen molar-refractivity contribution in [3.63, 3.8) is 0 Å². The molecule has 0 atom stereocenters. The Hall–Kier alpha value is -2.68. The minimum Gasteiger partial charge on any atom is -0.491 e. The smallest absolute Gasteiger partial charge is 0.289 e. The average molecular weight is 340 g/mol. The van der Waals surface area contributed by atoms with Crippen LogP contribution in [-0.2, 0) is 10.0 Å². The van der Waals surface area contributed by atoms with Crippen LogP contribution in [0.1, 0.15) is 6.92 Å². The molecule has 9 heteroatoms. The lowest BCUT2D eigenvalue weighted by atomic mass is 10.3. The number of nitro benzene ring substituents is 1. The third-order valence-corrected chi connectivity index (χ3v) is 4.26. The number of halogens is 1. The van der Waals surface area contributed by atoms with E-state index in [2.05, 4.69) is 4.72 Å². The fourth-order valence-corrected chi connectivity index (χ4v) is 3.11. The summed E-state index contributed by atoms with van der Waals surface area (Å²) in [5.74, 6) is -0.754. The fourth-order valence-electron chi connectivity index (χ4n) is 1.88. The van der Waals surface area contributed by atoms with E-state index in [4.69, 9.17) is 4.74 Å². The Labute approximate surface area is 131 Å². The van der Waals surface area contributed by atoms with Crippen LogP contribution in [0.3, 0.4) is 0 Å². The van der Waals surface area contributed by atoms with Crippen LogP contribution in [0.5, 0.6) is 5.75 Å². The van der Waals surface area contributed by atoms with Crippen LogP contribution in [0.25, 0.3) is 0 Å². The first-order valence-corrected chi connectivity index (χ1v) is 8.02. The third-order valence-electron chi connectivity index (χ3n) is 2.84. The number of nitrogens with zero attached hydrogens (tertiary/aromatic N) is 1. The molecular formula is C14H13FN2O5S. The molecule has 0 aromatic heterocycles. The van der Waals surface area contributed by atoms with E-state index in [-0.39, 0.29) is 18.0 Å². The van der Waals surface area contributed by atoms with Crippen LogP contribution >= 0.6 is 0 Å². The Morgan fingerprint density at radius 3 is 2.57 bits per heavy atom. The Kier molecular flexibility index (Phi) is 4.80. The standard InChI is InChI=1S/C14H13FN2O5S/c1-2-22-13-8-7-10(9-11(13)15)16-23(20,21)14-6-4-3-5-12(14)17(18)19/h3-9,16H,2H2,1H3. The van der Waals surface area contributed by atoms with Gasteiger partial charge in [0.1, 0.15) is 0 Å². The number of hydrogen-bond donors (Lipinski definition) is 1. The zero-order valence-corrected chi connectivity index (χ0v) is 12.8. The first kappa shape index (κ1) is 16.7. The van der Waals surface area contributed by atoms with Gasteiger partial charge < -0.3 is 4.74 Å². The second kappa shape index (κ2) is 6.61. The number of anilines is 1. The summed E-state index contributed by atoms with van der Waals surface area (Å²) in [4.78, 5) is 9.63. The van der Waals surface area contributed by atoms with Gasteiger partial charge in [-0.2, -0.15) is 0 Å². The van der Waals surface area contributed by atoms with Gasteiger partial charge in [-0.1, -0.05) is 12.1 Å². The zero-order chi connectivity index (χ0) is 17.0. The van der Waals surface area contributed by atoms with E-state index in [1.165, 1.54) is 24.3 Å². The molecule has 0 amide bonds. The maximum atomic E-state index is 13.8. The summed E-state index contributed by atoms with van der Waals surface area (Å²) in [6.07, 6.45) is 0. The fraction of sp³-hybridized carbons (Fsp3) is 0.143. The van der Waals surface area contributed by atoms with Crippen molar-refractivity contribution in [2.75, 3.05) is 11.3 Å². The predicted molar refractivity (Wildman–Crippen MR) is 81.5 cm³/mol. The molecule has 0 fully saturated rings. The minimum absolute atomic E-state index is 0.0128. The largest absolute Gasteiger partial charge is 0.491 e. The topological polar surface area (TPSA) is 98.5 Å². The number of nitrogens with one attached hydrogen (secondary N) is 1. The molecule has 0 unspecified atom stereocenters. The van der Waals surface area contributed by atoms with Gasteiger partial charge in [-0.15, -0.1) is 0 Å². The third kappa shape index (κ3) is 3.75. The van der Waals surface area contributed by atoms with E-state index < -0.39 is 31.3 Å². The molecule has 0 aliphatic rings. The van der Waals surface area contributed by atoms with Crippen molar-refractivity contribution in [3.05, 3.63) is 58.4 Å². The summed E-state index contributed by atoms with van der Waals surface area (Å²) in [5.41, 5.74) is -0.629. The average Bonchev–Trinajstić information content (AvgIpc) is 2.50. The van der Waals surface area contributed by atoms with Crippen LogP contribution in [0.4, 0.5) is 15.8 Å².